The Hall–Kier alpha value is -5.05. The summed E-state index contributed by atoms with van der Waals surface area (Å²) in [5.74, 6) is -2.60. The first-order chi connectivity index (χ1) is 25.7. The van der Waals surface area contributed by atoms with Crippen molar-refractivity contribution in [1.82, 2.24) is 14.7 Å². The number of aliphatic carboxylic acids is 1. The summed E-state index contributed by atoms with van der Waals surface area (Å²) in [6.07, 6.45) is -11.7. The standard InChI is InChI=1S/C32H33F6N5O4S.C2HF3O2/c33-31(34,35)19-46-24-14-15-27(47-20-32(36,37)38)28(16-24)48(44,45)40-18-22-12-10-21(11-13-22)17-39-30-42-26-9-5-4-8-25(26)29(43-30)41-23-6-2-1-3-7-23;3-2(4,5)1(6)7/h1-9,14-16,21-22,40H,10-13,17-20H2,(H2,39,41,42,43);(H,6,7). The molecule has 11 nitrogen and oxygen atoms in total. The van der Waals surface area contributed by atoms with E-state index >= 15 is 0 Å². The van der Waals surface area contributed by atoms with Crippen LogP contribution in [-0.4, -0.2) is 74.3 Å². The molecule has 1 aromatic heterocycles. The van der Waals surface area contributed by atoms with E-state index in [2.05, 4.69) is 29.8 Å². The highest BCUT2D eigenvalue weighted by molar-refractivity contribution is 7.89. The van der Waals surface area contributed by atoms with E-state index in [1.165, 1.54) is 0 Å². The number of benzene rings is 3. The van der Waals surface area contributed by atoms with Crippen molar-refractivity contribution in [3.63, 3.8) is 0 Å². The molecule has 1 aliphatic carbocycles. The molecule has 1 saturated carbocycles. The van der Waals surface area contributed by atoms with Gasteiger partial charge in [0, 0.05) is 30.2 Å². The molecular weight excluding hydrogens is 777 g/mol. The largest absolute Gasteiger partial charge is 0.490 e. The van der Waals surface area contributed by atoms with Gasteiger partial charge in [-0.1, -0.05) is 30.3 Å². The van der Waals surface area contributed by atoms with E-state index in [-0.39, 0.29) is 18.4 Å². The van der Waals surface area contributed by atoms with Crippen LogP contribution < -0.4 is 24.8 Å². The number of sulfonamides is 1. The van der Waals surface area contributed by atoms with Gasteiger partial charge in [0.25, 0.3) is 0 Å². The quantitative estimate of drug-likeness (QED) is 0.0976. The molecule has 300 valence electrons. The number of hydrogen-bond acceptors (Lipinski definition) is 9. The fraction of sp³-hybridized carbons (Fsp3) is 0.382. The van der Waals surface area contributed by atoms with Crippen LogP contribution >= 0.6 is 0 Å². The molecule has 1 aliphatic rings. The van der Waals surface area contributed by atoms with Crippen molar-refractivity contribution in [3.8, 4) is 11.5 Å². The van der Waals surface area contributed by atoms with Gasteiger partial charge in [0.2, 0.25) is 16.0 Å². The number of rotatable bonds is 13. The predicted octanol–water partition coefficient (Wildman–Crippen LogP) is 8.09. The Balaban J connectivity index is 0.000000876. The minimum atomic E-state index is -5.08. The Bertz CT molecular complexity index is 1990. The minimum absolute atomic E-state index is 0.0167. The fourth-order valence-corrected chi connectivity index (χ4v) is 6.60. The normalized spacial score (nSPS) is 16.5. The third-order valence-electron chi connectivity index (χ3n) is 7.96. The van der Waals surface area contributed by atoms with Crippen LogP contribution in [-0.2, 0) is 14.8 Å². The lowest BCUT2D eigenvalue weighted by Crippen LogP contribution is -2.33. The molecule has 0 radical (unpaired) electrons. The van der Waals surface area contributed by atoms with Crippen LogP contribution in [0.25, 0.3) is 10.9 Å². The maximum absolute atomic E-state index is 13.2. The molecule has 3 aromatic carbocycles. The van der Waals surface area contributed by atoms with Crippen LogP contribution in [0.5, 0.6) is 11.5 Å². The van der Waals surface area contributed by atoms with E-state index < -0.39 is 64.1 Å². The number of halogens is 9. The third kappa shape index (κ3) is 13.9. The molecule has 5 rings (SSSR count). The highest BCUT2D eigenvalue weighted by atomic mass is 32.2. The van der Waals surface area contributed by atoms with E-state index in [0.29, 0.717) is 31.2 Å². The van der Waals surface area contributed by atoms with Crippen LogP contribution in [0.3, 0.4) is 0 Å². The minimum Gasteiger partial charge on any atom is -0.484 e. The summed E-state index contributed by atoms with van der Waals surface area (Å²) >= 11 is 0. The summed E-state index contributed by atoms with van der Waals surface area (Å²) in [6, 6.07) is 19.8. The average molecular weight is 812 g/mol. The summed E-state index contributed by atoms with van der Waals surface area (Å²) in [7, 11) is -4.48. The maximum Gasteiger partial charge on any atom is 0.490 e. The number of nitrogens with one attached hydrogen (secondary N) is 3. The topological polar surface area (TPSA) is 152 Å². The molecule has 0 spiro atoms. The number of hydrogen-bond donors (Lipinski definition) is 4. The van der Waals surface area contributed by atoms with Crippen LogP contribution in [0.1, 0.15) is 25.7 Å². The first-order valence-corrected chi connectivity index (χ1v) is 17.8. The smallest absolute Gasteiger partial charge is 0.484 e. The third-order valence-corrected chi connectivity index (χ3v) is 9.40. The van der Waals surface area contributed by atoms with Gasteiger partial charge in [0.1, 0.15) is 22.2 Å². The van der Waals surface area contributed by atoms with Crippen LogP contribution in [0, 0.1) is 11.8 Å². The number of nitrogens with zero attached hydrogens (tertiary/aromatic N) is 2. The van der Waals surface area contributed by atoms with E-state index in [1.807, 2.05) is 54.6 Å². The number of para-hydroxylation sites is 2. The number of carbonyl (C=O) groups is 1. The first kappa shape index (κ1) is 42.7. The van der Waals surface area contributed by atoms with Gasteiger partial charge in [0.05, 0.1) is 5.52 Å². The van der Waals surface area contributed by atoms with Crippen LogP contribution in [0.2, 0.25) is 0 Å². The number of aromatic nitrogens is 2. The number of anilines is 3. The van der Waals surface area contributed by atoms with Crippen molar-refractivity contribution >= 4 is 44.3 Å². The van der Waals surface area contributed by atoms with Crippen molar-refractivity contribution in [2.24, 2.45) is 11.8 Å². The molecule has 4 aromatic rings. The average Bonchev–Trinajstić information content (AvgIpc) is 3.11. The van der Waals surface area contributed by atoms with Gasteiger partial charge in [0.15, 0.2) is 13.2 Å². The van der Waals surface area contributed by atoms with Gasteiger partial charge < -0.3 is 25.2 Å². The monoisotopic (exact) mass is 811 g/mol. The molecule has 0 aliphatic heterocycles. The summed E-state index contributed by atoms with van der Waals surface area (Å²) in [5.41, 5.74) is 1.66. The number of ether oxygens (including phenoxy) is 2. The second-order valence-electron chi connectivity index (χ2n) is 12.2. The highest BCUT2D eigenvalue weighted by Crippen LogP contribution is 2.33. The lowest BCUT2D eigenvalue weighted by Gasteiger charge is -2.29. The molecule has 1 fully saturated rings. The van der Waals surface area contributed by atoms with Gasteiger partial charge in [-0.25, -0.2) is 22.9 Å². The SMILES string of the molecule is O=C(O)C(F)(F)F.O=S(=O)(NCC1CCC(CNc2nc(Nc3ccccc3)c3ccccc3n2)CC1)c1cc(OCC(F)(F)F)ccc1OCC(F)(F)F. The Morgan fingerprint density at radius 2 is 1.33 bits per heavy atom. The molecule has 21 heteroatoms. The Morgan fingerprint density at radius 3 is 1.93 bits per heavy atom. The summed E-state index contributed by atoms with van der Waals surface area (Å²) < 4.78 is 146. The summed E-state index contributed by atoms with van der Waals surface area (Å²) in [6.45, 7) is -2.92. The van der Waals surface area contributed by atoms with E-state index in [9.17, 15) is 47.9 Å². The summed E-state index contributed by atoms with van der Waals surface area (Å²) in [4.78, 5) is 17.5. The van der Waals surface area contributed by atoms with Gasteiger partial charge >= 0.3 is 24.5 Å². The summed E-state index contributed by atoms with van der Waals surface area (Å²) in [5, 5.41) is 14.7. The number of fused-ring (bicyclic) bond motifs is 1. The van der Waals surface area contributed by atoms with Crippen molar-refractivity contribution in [1.29, 1.82) is 0 Å². The molecule has 55 heavy (non-hydrogen) atoms. The zero-order valence-corrected chi connectivity index (χ0v) is 29.2. The van der Waals surface area contributed by atoms with Crippen molar-refractivity contribution in [2.75, 3.05) is 36.9 Å². The second-order valence-corrected chi connectivity index (χ2v) is 14.0. The molecule has 0 bridgehead atoms. The van der Waals surface area contributed by atoms with Crippen LogP contribution in [0.15, 0.2) is 77.7 Å². The number of carboxylic acid groups (broad SMARTS) is 1. The van der Waals surface area contributed by atoms with Gasteiger partial charge in [-0.2, -0.15) is 44.5 Å². The van der Waals surface area contributed by atoms with Crippen molar-refractivity contribution in [2.45, 2.75) is 49.1 Å². The van der Waals surface area contributed by atoms with Gasteiger partial charge in [-0.15, -0.1) is 0 Å². The number of alkyl halides is 9. The van der Waals surface area contributed by atoms with Crippen molar-refractivity contribution in [3.05, 3.63) is 72.8 Å². The van der Waals surface area contributed by atoms with Crippen molar-refractivity contribution < 1.29 is 67.3 Å². The molecule has 0 atom stereocenters. The Kier molecular flexibility index (Phi) is 14.0. The zero-order chi connectivity index (χ0) is 40.4. The predicted molar refractivity (Wildman–Crippen MR) is 182 cm³/mol. The van der Waals surface area contributed by atoms with E-state index in [4.69, 9.17) is 14.9 Å². The van der Waals surface area contributed by atoms with Gasteiger partial charge in [-0.3, -0.25) is 0 Å². The Labute approximate surface area is 308 Å². The van der Waals surface area contributed by atoms with Crippen LogP contribution in [0.4, 0.5) is 57.0 Å². The van der Waals surface area contributed by atoms with E-state index in [1.54, 1.807) is 0 Å². The second kappa shape index (κ2) is 18.1. The zero-order valence-electron chi connectivity index (χ0n) is 28.4. The highest BCUT2D eigenvalue weighted by Gasteiger charge is 2.38. The van der Waals surface area contributed by atoms with Gasteiger partial charge in [-0.05, 0) is 73.9 Å². The maximum atomic E-state index is 13.2. The first-order valence-electron chi connectivity index (χ1n) is 16.3. The molecule has 0 saturated heterocycles. The van der Waals surface area contributed by atoms with E-state index in [0.717, 1.165) is 47.6 Å². The molecule has 1 heterocycles. The molecule has 0 amide bonds. The lowest BCUT2D eigenvalue weighted by atomic mass is 9.82. The molecular formula is C34H34F9N5O6S. The fourth-order valence-electron chi connectivity index (χ4n) is 5.32. The molecule has 0 unspecified atom stereocenters. The lowest BCUT2D eigenvalue weighted by molar-refractivity contribution is -0.192. The number of carboxylic acids is 1. The molecule has 4 N–H and O–H groups in total. The Morgan fingerprint density at radius 1 is 0.764 bits per heavy atom.